The van der Waals surface area contributed by atoms with Gasteiger partial charge in [-0.1, -0.05) is 0 Å². The molecule has 0 aromatic carbocycles. The summed E-state index contributed by atoms with van der Waals surface area (Å²) in [5.74, 6) is -1.24. The summed E-state index contributed by atoms with van der Waals surface area (Å²) in [5.41, 5.74) is 8.07. The second-order valence-corrected chi connectivity index (χ2v) is 9.78. The number of alkyl halides is 2. The molecular weight excluding hydrogens is 542 g/mol. The Morgan fingerprint density at radius 3 is 2.75 bits per heavy atom. The number of nitrogens with zero attached hydrogens (tertiary/aromatic N) is 6. The van der Waals surface area contributed by atoms with E-state index in [2.05, 4.69) is 25.5 Å². The molecule has 0 saturated heterocycles. The number of nitrogens with one attached hydrogen (secondary N) is 1. The van der Waals surface area contributed by atoms with Crippen LogP contribution in [0, 0.1) is 6.92 Å². The third-order valence-electron chi connectivity index (χ3n) is 6.35. The average molecular weight is 563 g/mol. The van der Waals surface area contributed by atoms with Gasteiger partial charge in [-0.05, 0) is 38.1 Å². The van der Waals surface area contributed by atoms with Crippen molar-refractivity contribution in [1.29, 1.82) is 0 Å². The van der Waals surface area contributed by atoms with E-state index in [-0.39, 0.29) is 43.3 Å². The van der Waals surface area contributed by atoms with E-state index in [0.29, 0.717) is 12.2 Å². The van der Waals surface area contributed by atoms with E-state index < -0.39 is 23.9 Å². The third kappa shape index (κ3) is 4.09. The average Bonchev–Trinajstić information content (AvgIpc) is 3.73. The molecule has 0 fully saturated rings. The molecule has 11 nitrogen and oxygen atoms in total. The van der Waals surface area contributed by atoms with Gasteiger partial charge in [-0.3, -0.25) is 14.3 Å². The predicted molar refractivity (Wildman–Crippen MR) is 143 cm³/mol. The van der Waals surface area contributed by atoms with Gasteiger partial charge < -0.3 is 15.5 Å². The first-order valence-corrected chi connectivity index (χ1v) is 12.9. The Labute approximate surface area is 228 Å². The van der Waals surface area contributed by atoms with Crippen molar-refractivity contribution < 1.29 is 22.8 Å². The van der Waals surface area contributed by atoms with Gasteiger partial charge in [0.25, 0.3) is 18.2 Å². The highest BCUT2D eigenvalue weighted by atomic mass is 32.1. The summed E-state index contributed by atoms with van der Waals surface area (Å²) >= 11 is 0.803. The lowest BCUT2D eigenvalue weighted by molar-refractivity contribution is 0.100. The van der Waals surface area contributed by atoms with Crippen molar-refractivity contribution in [3.63, 3.8) is 0 Å². The van der Waals surface area contributed by atoms with Gasteiger partial charge in [0.15, 0.2) is 5.65 Å². The summed E-state index contributed by atoms with van der Waals surface area (Å²) in [6.07, 6.45) is 3.32. The normalized spacial score (nSPS) is 11.6. The van der Waals surface area contributed by atoms with Crippen LogP contribution in [-0.4, -0.2) is 41.2 Å². The number of pyridine rings is 1. The first-order chi connectivity index (χ1) is 19.3. The number of aromatic nitrogens is 6. The molecule has 0 saturated carbocycles. The Morgan fingerprint density at radius 2 is 2.08 bits per heavy atom. The summed E-state index contributed by atoms with van der Waals surface area (Å²) in [7, 11) is 0. The van der Waals surface area contributed by atoms with E-state index in [1.807, 2.05) is 20.0 Å². The van der Waals surface area contributed by atoms with Crippen molar-refractivity contribution in [3.8, 4) is 22.6 Å². The standard InChI is InChI=1S/C26H20F2N8O3S/c1-3-35-11-15(12(2)34-35)17-6-7-30-24-14(10-31-36(17)24)25(38)33-20-19-13(18-5-4-8-39-18)9-16(22(27)28)32-26(19)40-21(20)23(29)37/h4-11,22H,3H2,1-2H3,(H2,29,37)(H,33,38). The second-order valence-electron chi connectivity index (χ2n) is 8.79. The number of hydrogen-bond acceptors (Lipinski definition) is 8. The fourth-order valence-electron chi connectivity index (χ4n) is 4.52. The molecule has 0 aliphatic rings. The number of primary amides is 1. The number of furan rings is 1. The van der Waals surface area contributed by atoms with Gasteiger partial charge in [0, 0.05) is 35.5 Å². The van der Waals surface area contributed by atoms with Crippen LogP contribution in [0.1, 0.15) is 44.8 Å². The maximum Gasteiger partial charge on any atom is 0.280 e. The lowest BCUT2D eigenvalue weighted by atomic mass is 10.1. The summed E-state index contributed by atoms with van der Waals surface area (Å²) in [6, 6.07) is 6.11. The number of rotatable bonds is 7. The minimum absolute atomic E-state index is 0.0350. The number of nitrogens with two attached hydrogens (primary N) is 1. The Kier molecular flexibility index (Phi) is 6.10. The Hall–Kier alpha value is -4.98. The van der Waals surface area contributed by atoms with Crippen molar-refractivity contribution in [2.75, 3.05) is 5.32 Å². The van der Waals surface area contributed by atoms with Gasteiger partial charge >= 0.3 is 0 Å². The minimum atomic E-state index is -2.87. The SMILES string of the molecule is CCn1cc(-c2ccnc3c(C(=O)Nc4c(C(N)=O)sc5nc(C(F)F)cc(-c6ccco6)c45)cnn23)c(C)n1. The molecule has 6 rings (SSSR count). The van der Waals surface area contributed by atoms with Gasteiger partial charge in [0.1, 0.15) is 26.7 Å². The quantitative estimate of drug-likeness (QED) is 0.276. The molecule has 14 heteroatoms. The number of carbonyl (C=O) groups excluding carboxylic acids is 2. The van der Waals surface area contributed by atoms with Crippen LogP contribution < -0.4 is 11.1 Å². The van der Waals surface area contributed by atoms with Gasteiger partial charge in [0.05, 0.1) is 29.5 Å². The predicted octanol–water partition coefficient (Wildman–Crippen LogP) is 5.08. The number of carbonyl (C=O) groups is 2. The number of anilines is 1. The van der Waals surface area contributed by atoms with E-state index in [9.17, 15) is 18.4 Å². The van der Waals surface area contributed by atoms with Crippen LogP contribution in [0.5, 0.6) is 0 Å². The zero-order chi connectivity index (χ0) is 28.1. The first-order valence-electron chi connectivity index (χ1n) is 12.0. The van der Waals surface area contributed by atoms with E-state index >= 15 is 0 Å². The lowest BCUT2D eigenvalue weighted by Gasteiger charge is -2.09. The molecule has 0 bridgehead atoms. The highest BCUT2D eigenvalue weighted by Gasteiger charge is 2.27. The van der Waals surface area contributed by atoms with Crippen LogP contribution in [0.25, 0.3) is 38.4 Å². The largest absolute Gasteiger partial charge is 0.464 e. The van der Waals surface area contributed by atoms with Crippen LogP contribution in [0.4, 0.5) is 14.5 Å². The van der Waals surface area contributed by atoms with Crippen molar-refractivity contribution in [2.24, 2.45) is 5.73 Å². The van der Waals surface area contributed by atoms with Crippen molar-refractivity contribution >= 4 is 44.7 Å². The molecule has 6 aromatic heterocycles. The monoisotopic (exact) mass is 562 g/mol. The van der Waals surface area contributed by atoms with Gasteiger partial charge in [-0.25, -0.2) is 23.3 Å². The Bertz CT molecular complexity index is 1920. The van der Waals surface area contributed by atoms with Crippen LogP contribution in [0.15, 0.2) is 53.5 Å². The molecule has 0 aliphatic heterocycles. The van der Waals surface area contributed by atoms with Gasteiger partial charge in [-0.2, -0.15) is 10.2 Å². The van der Waals surface area contributed by atoms with Crippen LogP contribution >= 0.6 is 11.3 Å². The zero-order valence-electron chi connectivity index (χ0n) is 21.1. The maximum atomic E-state index is 13.7. The molecule has 3 N–H and O–H groups in total. The number of thiophene rings is 1. The summed E-state index contributed by atoms with van der Waals surface area (Å²) in [4.78, 5) is 34.4. The smallest absolute Gasteiger partial charge is 0.280 e. The minimum Gasteiger partial charge on any atom is -0.464 e. The summed E-state index contributed by atoms with van der Waals surface area (Å²) in [5, 5.41) is 11.9. The molecule has 6 heterocycles. The highest BCUT2D eigenvalue weighted by molar-refractivity contribution is 7.21. The van der Waals surface area contributed by atoms with Crippen molar-refractivity contribution in [2.45, 2.75) is 26.8 Å². The fraction of sp³-hybridized carbons (Fsp3) is 0.154. The Balaban J connectivity index is 1.48. The first kappa shape index (κ1) is 25.3. The molecule has 6 aromatic rings. The number of hydrogen-bond donors (Lipinski definition) is 2. The molecule has 0 unspecified atom stereocenters. The van der Waals surface area contributed by atoms with Crippen LogP contribution in [0.3, 0.4) is 0 Å². The summed E-state index contributed by atoms with van der Waals surface area (Å²) in [6.45, 7) is 4.54. The van der Waals surface area contributed by atoms with Crippen molar-refractivity contribution in [3.05, 3.63) is 70.9 Å². The van der Waals surface area contributed by atoms with Crippen molar-refractivity contribution in [1.82, 2.24) is 29.4 Å². The third-order valence-corrected chi connectivity index (χ3v) is 7.44. The van der Waals surface area contributed by atoms with E-state index in [0.717, 1.165) is 22.6 Å². The number of fused-ring (bicyclic) bond motifs is 2. The van der Waals surface area contributed by atoms with E-state index in [1.54, 1.807) is 29.1 Å². The lowest BCUT2D eigenvalue weighted by Crippen LogP contribution is -2.17. The molecule has 2 amide bonds. The second kappa shape index (κ2) is 9.64. The van der Waals surface area contributed by atoms with Gasteiger partial charge in [0.2, 0.25) is 0 Å². The molecule has 0 spiro atoms. The van der Waals surface area contributed by atoms with Crippen LogP contribution in [0.2, 0.25) is 0 Å². The maximum absolute atomic E-state index is 13.7. The fourth-order valence-corrected chi connectivity index (χ4v) is 5.53. The molecule has 0 radical (unpaired) electrons. The Morgan fingerprint density at radius 1 is 1.25 bits per heavy atom. The van der Waals surface area contributed by atoms with E-state index in [4.69, 9.17) is 10.2 Å². The molecule has 0 atom stereocenters. The molecule has 0 aliphatic carbocycles. The molecule has 202 valence electrons. The van der Waals surface area contributed by atoms with Crippen LogP contribution in [-0.2, 0) is 6.54 Å². The number of amides is 2. The molecule has 40 heavy (non-hydrogen) atoms. The topological polar surface area (TPSA) is 146 Å². The van der Waals surface area contributed by atoms with Gasteiger partial charge in [-0.15, -0.1) is 11.3 Å². The zero-order valence-corrected chi connectivity index (χ0v) is 21.9. The highest BCUT2D eigenvalue weighted by Crippen LogP contribution is 2.42. The number of aryl methyl sites for hydroxylation is 2. The molecular formula is C26H20F2N8O3S. The number of halogens is 2. The van der Waals surface area contributed by atoms with E-state index in [1.165, 1.54) is 23.0 Å². The summed E-state index contributed by atoms with van der Waals surface area (Å²) < 4.78 is 36.1.